The highest BCUT2D eigenvalue weighted by Gasteiger charge is 2.25. The monoisotopic (exact) mass is 369 g/mol. The largest absolute Gasteiger partial charge is 0.359 e. The summed E-state index contributed by atoms with van der Waals surface area (Å²) < 4.78 is 1.48. The fraction of sp³-hybridized carbons (Fsp3) is 0.450. The maximum atomic E-state index is 12.7. The molecule has 2 aromatic rings. The average molecular weight is 369 g/mol. The molecule has 2 heterocycles. The molecule has 1 aliphatic heterocycles. The third-order valence-corrected chi connectivity index (χ3v) is 4.95. The Morgan fingerprint density at radius 3 is 2.44 bits per heavy atom. The number of nitrogens with zero attached hydrogens (tertiary/aromatic N) is 3. The molecule has 7 nitrogen and oxygen atoms in total. The zero-order chi connectivity index (χ0) is 19.8. The fourth-order valence-corrected chi connectivity index (χ4v) is 3.22. The van der Waals surface area contributed by atoms with E-state index in [4.69, 9.17) is 0 Å². The number of aromatic nitrogens is 2. The normalized spacial score (nSPS) is 13.9. The van der Waals surface area contributed by atoms with Crippen molar-refractivity contribution in [3.8, 4) is 0 Å². The Morgan fingerprint density at radius 1 is 1.19 bits per heavy atom. The Labute approximate surface area is 159 Å². The number of carbonyl (C=O) groups is 1. The lowest BCUT2D eigenvalue weighted by atomic mass is 9.87. The molecule has 7 heteroatoms. The van der Waals surface area contributed by atoms with Crippen molar-refractivity contribution in [1.29, 1.82) is 0 Å². The predicted octanol–water partition coefficient (Wildman–Crippen LogP) is 2.71. The second-order valence-electron chi connectivity index (χ2n) is 7.90. The smallest absolute Gasteiger partial charge is 0.322 e. The minimum absolute atomic E-state index is 0.0678. The molecule has 144 valence electrons. The van der Waals surface area contributed by atoms with Crippen LogP contribution in [0.4, 0.5) is 16.4 Å². The van der Waals surface area contributed by atoms with Gasteiger partial charge in [0, 0.05) is 32.7 Å². The lowest BCUT2D eigenvalue weighted by Gasteiger charge is -2.28. The molecule has 0 bridgehead atoms. The Kier molecular flexibility index (Phi) is 4.95. The lowest BCUT2D eigenvalue weighted by molar-refractivity contribution is 0.205. The molecule has 0 unspecified atom stereocenters. The third-order valence-electron chi connectivity index (χ3n) is 4.95. The molecule has 1 aliphatic rings. The zero-order valence-electron chi connectivity index (χ0n) is 16.6. The Morgan fingerprint density at radius 2 is 1.85 bits per heavy atom. The summed E-state index contributed by atoms with van der Waals surface area (Å²) in [5, 5.41) is 5.85. The van der Waals surface area contributed by atoms with Gasteiger partial charge >= 0.3 is 6.03 Å². The molecule has 0 saturated carbocycles. The van der Waals surface area contributed by atoms with Crippen molar-refractivity contribution in [2.75, 3.05) is 24.2 Å². The molecule has 2 N–H and O–H groups in total. The van der Waals surface area contributed by atoms with Crippen molar-refractivity contribution < 1.29 is 4.79 Å². The van der Waals surface area contributed by atoms with E-state index in [2.05, 4.69) is 36.4 Å². The van der Waals surface area contributed by atoms with Gasteiger partial charge in [-0.25, -0.2) is 9.78 Å². The molecule has 0 fully saturated rings. The van der Waals surface area contributed by atoms with Crippen molar-refractivity contribution >= 4 is 17.7 Å². The van der Waals surface area contributed by atoms with Crippen molar-refractivity contribution in [3.63, 3.8) is 0 Å². The van der Waals surface area contributed by atoms with E-state index in [1.165, 1.54) is 10.1 Å². The van der Waals surface area contributed by atoms with Crippen LogP contribution in [0.15, 0.2) is 29.1 Å². The summed E-state index contributed by atoms with van der Waals surface area (Å²) in [6.45, 7) is 7.26. The first-order chi connectivity index (χ1) is 12.7. The average Bonchev–Trinajstić information content (AvgIpc) is 2.64. The van der Waals surface area contributed by atoms with Gasteiger partial charge in [0.1, 0.15) is 0 Å². The van der Waals surface area contributed by atoms with Crippen LogP contribution in [-0.4, -0.2) is 34.1 Å². The summed E-state index contributed by atoms with van der Waals surface area (Å²) in [5.74, 6) is 0.538. The molecule has 1 aromatic heterocycles. The topological polar surface area (TPSA) is 79.3 Å². The van der Waals surface area contributed by atoms with Crippen LogP contribution in [0.1, 0.15) is 37.6 Å². The fourth-order valence-electron chi connectivity index (χ4n) is 3.22. The van der Waals surface area contributed by atoms with E-state index in [1.54, 1.807) is 19.0 Å². The van der Waals surface area contributed by atoms with Crippen LogP contribution in [0.25, 0.3) is 0 Å². The molecular formula is C20H27N5O2. The maximum absolute atomic E-state index is 12.7. The first-order valence-electron chi connectivity index (χ1n) is 9.13. The van der Waals surface area contributed by atoms with Gasteiger partial charge in [0.05, 0.1) is 17.8 Å². The van der Waals surface area contributed by atoms with Crippen LogP contribution < -0.4 is 16.2 Å². The minimum atomic E-state index is -0.205. The van der Waals surface area contributed by atoms with Crippen LogP contribution in [0, 0.1) is 0 Å². The number of nitrogens with one attached hydrogen (secondary N) is 2. The number of benzene rings is 1. The minimum Gasteiger partial charge on any atom is -0.359 e. The number of hydrogen-bond donors (Lipinski definition) is 2. The molecule has 27 heavy (non-hydrogen) atoms. The summed E-state index contributed by atoms with van der Waals surface area (Å²) in [5.41, 5.74) is 3.26. The van der Waals surface area contributed by atoms with Crippen LogP contribution in [-0.2, 0) is 25.4 Å². The van der Waals surface area contributed by atoms with Crippen molar-refractivity contribution in [3.05, 3.63) is 51.4 Å². The number of rotatable bonds is 2. The van der Waals surface area contributed by atoms with E-state index in [9.17, 15) is 9.59 Å². The van der Waals surface area contributed by atoms with E-state index < -0.39 is 0 Å². The first kappa shape index (κ1) is 18.9. The van der Waals surface area contributed by atoms with Gasteiger partial charge in [-0.3, -0.25) is 9.36 Å². The second kappa shape index (κ2) is 7.06. The number of hydrogen-bond acceptors (Lipinski definition) is 4. The summed E-state index contributed by atoms with van der Waals surface area (Å²) in [6, 6.07) is 7.68. The Balaban J connectivity index is 1.74. The highest BCUT2D eigenvalue weighted by atomic mass is 16.2. The highest BCUT2D eigenvalue weighted by molar-refractivity contribution is 5.89. The van der Waals surface area contributed by atoms with E-state index >= 15 is 0 Å². The third kappa shape index (κ3) is 3.82. The van der Waals surface area contributed by atoms with E-state index in [-0.39, 0.29) is 23.6 Å². The van der Waals surface area contributed by atoms with Gasteiger partial charge < -0.3 is 15.5 Å². The Bertz CT molecular complexity index is 910. The highest BCUT2D eigenvalue weighted by Crippen LogP contribution is 2.24. The zero-order valence-corrected chi connectivity index (χ0v) is 16.6. The molecule has 0 aliphatic carbocycles. The van der Waals surface area contributed by atoms with E-state index in [0.717, 1.165) is 11.4 Å². The molecule has 0 saturated heterocycles. The number of urea groups is 1. The summed E-state index contributed by atoms with van der Waals surface area (Å²) in [4.78, 5) is 31.4. The number of anilines is 2. The predicted molar refractivity (Wildman–Crippen MR) is 107 cm³/mol. The Hall–Kier alpha value is -2.83. The van der Waals surface area contributed by atoms with E-state index in [1.807, 2.05) is 24.3 Å². The SMILES string of the molecule is CNc1nc2c(c(=O)n1C)CN(C(=O)Nc1ccc(C(C)(C)C)cc1)CC2. The standard InChI is InChI=1S/C20H27N5O2/c1-20(2,3)13-6-8-14(9-7-13)22-19(27)25-11-10-16-15(12-25)17(26)24(5)18(21-4)23-16/h6-9H,10-12H2,1-5H3,(H,21,23)(H,22,27). The van der Waals surface area contributed by atoms with Crippen molar-refractivity contribution in [2.45, 2.75) is 39.2 Å². The van der Waals surface area contributed by atoms with Gasteiger partial charge in [-0.1, -0.05) is 32.9 Å². The molecule has 0 radical (unpaired) electrons. The molecule has 2 amide bonds. The van der Waals surface area contributed by atoms with Gasteiger partial charge in [-0.15, -0.1) is 0 Å². The van der Waals surface area contributed by atoms with Gasteiger partial charge in [0.2, 0.25) is 5.95 Å². The molecule has 0 atom stereocenters. The summed E-state index contributed by atoms with van der Waals surface area (Å²) in [6.07, 6.45) is 0.566. The molecular weight excluding hydrogens is 342 g/mol. The maximum Gasteiger partial charge on any atom is 0.322 e. The number of carbonyl (C=O) groups excluding carboxylic acids is 1. The lowest BCUT2D eigenvalue weighted by Crippen LogP contribution is -2.42. The van der Waals surface area contributed by atoms with Gasteiger partial charge in [-0.05, 0) is 23.1 Å². The summed E-state index contributed by atoms with van der Waals surface area (Å²) in [7, 11) is 3.42. The van der Waals surface area contributed by atoms with Crippen LogP contribution >= 0.6 is 0 Å². The van der Waals surface area contributed by atoms with Gasteiger partial charge in [0.25, 0.3) is 5.56 Å². The number of amides is 2. The van der Waals surface area contributed by atoms with Crippen LogP contribution in [0.2, 0.25) is 0 Å². The first-order valence-corrected chi connectivity index (χ1v) is 9.13. The molecule has 1 aromatic carbocycles. The summed E-state index contributed by atoms with van der Waals surface area (Å²) >= 11 is 0. The second-order valence-corrected chi connectivity index (χ2v) is 7.90. The number of fused-ring (bicyclic) bond motifs is 1. The quantitative estimate of drug-likeness (QED) is 0.853. The van der Waals surface area contributed by atoms with Crippen LogP contribution in [0.3, 0.4) is 0 Å². The van der Waals surface area contributed by atoms with E-state index in [0.29, 0.717) is 24.5 Å². The van der Waals surface area contributed by atoms with Gasteiger partial charge in [0.15, 0.2) is 0 Å². The van der Waals surface area contributed by atoms with Crippen LogP contribution in [0.5, 0.6) is 0 Å². The van der Waals surface area contributed by atoms with Crippen molar-refractivity contribution in [1.82, 2.24) is 14.5 Å². The molecule has 0 spiro atoms. The molecule has 3 rings (SSSR count). The van der Waals surface area contributed by atoms with Gasteiger partial charge in [-0.2, -0.15) is 0 Å². The van der Waals surface area contributed by atoms with Crippen molar-refractivity contribution in [2.24, 2.45) is 7.05 Å².